The highest BCUT2D eigenvalue weighted by atomic mass is 19.2. The van der Waals surface area contributed by atoms with Crippen molar-refractivity contribution in [2.24, 2.45) is 11.3 Å². The Morgan fingerprint density at radius 2 is 1.76 bits per heavy atom. The van der Waals surface area contributed by atoms with Crippen LogP contribution in [0.15, 0.2) is 18.2 Å². The number of carbonyl (C=O) groups excluding carboxylic acids is 3. The first kappa shape index (κ1) is 33.7. The molecule has 1 aromatic rings. The molecule has 12 heteroatoms. The van der Waals surface area contributed by atoms with Gasteiger partial charge >= 0.3 is 0 Å². The van der Waals surface area contributed by atoms with Crippen molar-refractivity contribution in [2.45, 2.75) is 98.0 Å². The smallest absolute Gasteiger partial charge is 0.246 e. The van der Waals surface area contributed by atoms with Crippen LogP contribution in [0, 0.1) is 23.0 Å². The Balaban J connectivity index is 1.79. The van der Waals surface area contributed by atoms with Crippen LogP contribution in [0.3, 0.4) is 0 Å². The molecule has 2 fully saturated rings. The maximum Gasteiger partial charge on any atom is 0.246 e. The molecule has 236 valence electrons. The zero-order chi connectivity index (χ0) is 31.7. The van der Waals surface area contributed by atoms with Gasteiger partial charge in [0.15, 0.2) is 11.6 Å². The first-order valence-corrected chi connectivity index (χ1v) is 14.4. The number of hydrogen-bond donors (Lipinski definition) is 2. The van der Waals surface area contributed by atoms with Gasteiger partial charge in [-0.1, -0.05) is 20.8 Å². The molecular formula is C30H46F2N4O6. The van der Waals surface area contributed by atoms with Crippen molar-refractivity contribution < 1.29 is 37.7 Å². The summed E-state index contributed by atoms with van der Waals surface area (Å²) in [6.07, 6.45) is -0.766. The number of likely N-dealkylation sites (tertiary alicyclic amines) is 2. The summed E-state index contributed by atoms with van der Waals surface area (Å²) < 4.78 is 38.5. The summed E-state index contributed by atoms with van der Waals surface area (Å²) in [5, 5.41) is 13.4. The van der Waals surface area contributed by atoms with Crippen molar-refractivity contribution in [3.8, 4) is 5.75 Å². The highest BCUT2D eigenvalue weighted by Crippen LogP contribution is 2.38. The van der Waals surface area contributed by atoms with Gasteiger partial charge in [-0.25, -0.2) is 13.7 Å². The van der Waals surface area contributed by atoms with Crippen molar-refractivity contribution in [1.29, 1.82) is 0 Å². The largest absolute Gasteiger partial charge is 0.493 e. The van der Waals surface area contributed by atoms with Gasteiger partial charge in [0.2, 0.25) is 24.1 Å². The molecule has 0 spiro atoms. The second kappa shape index (κ2) is 12.8. The van der Waals surface area contributed by atoms with Gasteiger partial charge in [0.05, 0.1) is 30.3 Å². The molecule has 2 N–H and O–H groups in total. The van der Waals surface area contributed by atoms with E-state index in [0.29, 0.717) is 19.5 Å². The number of hydrogen-bond acceptors (Lipinski definition) is 7. The molecule has 0 saturated carbocycles. The molecule has 42 heavy (non-hydrogen) atoms. The predicted octanol–water partition coefficient (Wildman–Crippen LogP) is 2.73. The zero-order valence-electron chi connectivity index (χ0n) is 26.1. The summed E-state index contributed by atoms with van der Waals surface area (Å²) in [5.41, 5.74) is -1.31. The van der Waals surface area contributed by atoms with Crippen LogP contribution in [-0.2, 0) is 19.1 Å². The Hall–Kier alpha value is -2.83. The Morgan fingerprint density at radius 3 is 2.31 bits per heavy atom. The fourth-order valence-electron chi connectivity index (χ4n) is 5.60. The van der Waals surface area contributed by atoms with Crippen molar-refractivity contribution >= 4 is 17.7 Å². The number of amides is 3. The van der Waals surface area contributed by atoms with Crippen molar-refractivity contribution in [2.75, 3.05) is 26.7 Å². The molecule has 6 unspecified atom stereocenters. The van der Waals surface area contributed by atoms with Gasteiger partial charge in [-0.3, -0.25) is 14.4 Å². The van der Waals surface area contributed by atoms with Gasteiger partial charge in [-0.2, -0.15) is 0 Å². The first-order chi connectivity index (χ1) is 19.3. The molecule has 2 aliphatic heterocycles. The SMILES string of the molecule is CC(=O)N1CC(COc2ccc(F)c(F)c2)C2C1CCN2C(=O)C(NC(=O)C(C)N(C)C(O)OC(C)(C)C)C(C)(C)C. The zero-order valence-corrected chi connectivity index (χ0v) is 26.1. The van der Waals surface area contributed by atoms with E-state index < -0.39 is 47.1 Å². The van der Waals surface area contributed by atoms with Gasteiger partial charge in [-0.05, 0) is 58.7 Å². The number of aliphatic hydroxyl groups excluding tert-OH is 1. The number of ether oxygens (including phenoxy) is 2. The molecule has 3 amide bonds. The van der Waals surface area contributed by atoms with Crippen LogP contribution in [0.2, 0.25) is 0 Å². The van der Waals surface area contributed by atoms with Crippen LogP contribution >= 0.6 is 0 Å². The minimum atomic E-state index is -1.33. The van der Waals surface area contributed by atoms with Crippen LogP contribution < -0.4 is 10.1 Å². The van der Waals surface area contributed by atoms with E-state index in [9.17, 15) is 28.3 Å². The van der Waals surface area contributed by atoms with E-state index in [1.807, 2.05) is 20.8 Å². The highest BCUT2D eigenvalue weighted by molar-refractivity contribution is 5.90. The van der Waals surface area contributed by atoms with Gasteiger partial charge in [-0.15, -0.1) is 0 Å². The summed E-state index contributed by atoms with van der Waals surface area (Å²) in [6, 6.07) is 0.959. The van der Waals surface area contributed by atoms with Crippen LogP contribution in [-0.4, -0.2) is 100 Å². The molecule has 3 rings (SSSR count). The van der Waals surface area contributed by atoms with E-state index in [1.54, 1.807) is 44.5 Å². The van der Waals surface area contributed by atoms with Gasteiger partial charge in [0, 0.05) is 32.0 Å². The number of rotatable bonds is 9. The van der Waals surface area contributed by atoms with Crippen molar-refractivity contribution in [3.63, 3.8) is 0 Å². The summed E-state index contributed by atoms with van der Waals surface area (Å²) in [6.45, 7) is 14.9. The number of benzene rings is 1. The lowest BCUT2D eigenvalue weighted by molar-refractivity contribution is -0.239. The number of likely N-dealkylation sites (N-methyl/N-ethyl adjacent to an activating group) is 1. The first-order valence-electron chi connectivity index (χ1n) is 14.4. The highest BCUT2D eigenvalue weighted by Gasteiger charge is 2.53. The Morgan fingerprint density at radius 1 is 1.12 bits per heavy atom. The minimum Gasteiger partial charge on any atom is -0.493 e. The Kier molecular flexibility index (Phi) is 10.3. The second-order valence-corrected chi connectivity index (χ2v) is 13.4. The Labute approximate surface area is 247 Å². The third kappa shape index (κ3) is 7.76. The van der Waals surface area contributed by atoms with E-state index >= 15 is 0 Å². The average Bonchev–Trinajstić information content (AvgIpc) is 3.45. The third-order valence-corrected chi connectivity index (χ3v) is 7.97. The number of halogens is 2. The molecule has 2 heterocycles. The minimum absolute atomic E-state index is 0.0832. The number of fused-ring (bicyclic) bond motifs is 1. The maximum absolute atomic E-state index is 14.2. The third-order valence-electron chi connectivity index (χ3n) is 7.97. The van der Waals surface area contributed by atoms with E-state index in [4.69, 9.17) is 9.47 Å². The summed E-state index contributed by atoms with van der Waals surface area (Å²) in [7, 11) is 1.56. The lowest BCUT2D eigenvalue weighted by atomic mass is 9.85. The fourth-order valence-corrected chi connectivity index (χ4v) is 5.60. The van der Waals surface area contributed by atoms with Crippen LogP contribution in [0.4, 0.5) is 8.78 Å². The van der Waals surface area contributed by atoms with Gasteiger partial charge in [0.1, 0.15) is 11.8 Å². The van der Waals surface area contributed by atoms with E-state index in [1.165, 1.54) is 17.9 Å². The van der Waals surface area contributed by atoms with Gasteiger partial charge < -0.3 is 29.7 Å². The Bertz CT molecular complexity index is 1150. The molecule has 2 aliphatic rings. The number of nitrogens with one attached hydrogen (secondary N) is 1. The van der Waals surface area contributed by atoms with E-state index in [2.05, 4.69) is 5.32 Å². The molecule has 1 aromatic carbocycles. The molecule has 10 nitrogen and oxygen atoms in total. The van der Waals surface area contributed by atoms with Gasteiger partial charge in [0.25, 0.3) is 0 Å². The maximum atomic E-state index is 14.2. The summed E-state index contributed by atoms with van der Waals surface area (Å²) in [4.78, 5) is 44.8. The molecule has 6 atom stereocenters. The van der Waals surface area contributed by atoms with Crippen LogP contribution in [0.5, 0.6) is 5.75 Å². The summed E-state index contributed by atoms with van der Waals surface area (Å²) >= 11 is 0. The van der Waals surface area contributed by atoms with E-state index in [-0.39, 0.29) is 42.2 Å². The monoisotopic (exact) mass is 596 g/mol. The number of nitrogens with zero attached hydrogens (tertiary/aromatic N) is 3. The molecule has 2 saturated heterocycles. The van der Waals surface area contributed by atoms with Crippen LogP contribution in [0.1, 0.15) is 61.8 Å². The predicted molar refractivity (Wildman–Crippen MR) is 152 cm³/mol. The molecule has 0 aliphatic carbocycles. The normalized spacial score (nSPS) is 23.0. The lowest BCUT2D eigenvalue weighted by Gasteiger charge is -2.38. The number of aliphatic hydroxyl groups is 1. The quantitative estimate of drug-likeness (QED) is 0.422. The van der Waals surface area contributed by atoms with E-state index in [0.717, 1.165) is 12.1 Å². The molecule has 0 aromatic heterocycles. The number of carbonyl (C=O) groups is 3. The standard InChI is InChI=1S/C30H46F2N4O6/c1-17(34(9)28(40)42-30(6,7)8)26(38)33-25(29(3,4)5)27(39)35-13-12-23-24(35)19(15-36(23)18(2)37)16-41-20-10-11-21(31)22(32)14-20/h10-11,14,17,19,23-25,28,40H,12-13,15-16H2,1-9H3,(H,33,38). The summed E-state index contributed by atoms with van der Waals surface area (Å²) in [5.74, 6) is -3.00. The average molecular weight is 597 g/mol. The van der Waals surface area contributed by atoms with Crippen LogP contribution in [0.25, 0.3) is 0 Å². The fraction of sp³-hybridized carbons (Fsp3) is 0.700. The molecule has 0 radical (unpaired) electrons. The molecule has 0 bridgehead atoms. The topological polar surface area (TPSA) is 112 Å². The van der Waals surface area contributed by atoms with Crippen molar-refractivity contribution in [1.82, 2.24) is 20.0 Å². The van der Waals surface area contributed by atoms with Crippen molar-refractivity contribution in [3.05, 3.63) is 29.8 Å². The molecular weight excluding hydrogens is 550 g/mol. The lowest BCUT2D eigenvalue weighted by Crippen LogP contribution is -2.60. The second-order valence-electron chi connectivity index (χ2n) is 13.4.